The summed E-state index contributed by atoms with van der Waals surface area (Å²) in [5.41, 5.74) is 0. The van der Waals surface area contributed by atoms with Crippen LogP contribution in [0.3, 0.4) is 0 Å². The second-order valence-electron chi connectivity index (χ2n) is 3.80. The van der Waals surface area contributed by atoms with Crippen molar-refractivity contribution in [1.82, 2.24) is 10.2 Å². The first-order chi connectivity index (χ1) is 5.45. The van der Waals surface area contributed by atoms with Crippen LogP contribution < -0.4 is 5.32 Å². The van der Waals surface area contributed by atoms with Crippen LogP contribution in [0, 0.1) is 0 Å². The third-order valence-corrected chi connectivity index (χ3v) is 2.84. The Bertz CT molecular complexity index is 99.0. The van der Waals surface area contributed by atoms with E-state index in [4.69, 9.17) is 0 Å². The molecule has 0 bridgehead atoms. The number of rotatable bonds is 2. The van der Waals surface area contributed by atoms with Gasteiger partial charge in [0.1, 0.15) is 0 Å². The van der Waals surface area contributed by atoms with Gasteiger partial charge in [-0.3, -0.25) is 0 Å². The summed E-state index contributed by atoms with van der Waals surface area (Å²) in [5, 5.41) is 3.54. The molecule has 12 heavy (non-hydrogen) atoms. The van der Waals surface area contributed by atoms with E-state index < -0.39 is 0 Å². The van der Waals surface area contributed by atoms with Crippen molar-refractivity contribution in [3.63, 3.8) is 0 Å². The lowest BCUT2D eigenvalue weighted by Crippen LogP contribution is -2.35. The molecule has 2 heterocycles. The molecule has 0 aliphatic carbocycles. The van der Waals surface area contributed by atoms with Crippen molar-refractivity contribution in [2.24, 2.45) is 0 Å². The molecule has 2 saturated heterocycles. The van der Waals surface area contributed by atoms with Gasteiger partial charge in [0.2, 0.25) is 0 Å². The smallest absolute Gasteiger partial charge is 0.0195 e. The van der Waals surface area contributed by atoms with Crippen LogP contribution in [0.1, 0.15) is 33.1 Å². The highest BCUT2D eigenvalue weighted by Crippen LogP contribution is 2.11. The summed E-state index contributed by atoms with van der Waals surface area (Å²) in [6.45, 7) is 5.24. The maximum Gasteiger partial charge on any atom is 0.0195 e. The topological polar surface area (TPSA) is 15.3 Å². The van der Waals surface area contributed by atoms with E-state index in [0.717, 1.165) is 6.04 Å². The lowest BCUT2D eigenvalue weighted by molar-refractivity contribution is 0.303. The van der Waals surface area contributed by atoms with Crippen LogP contribution in [0.15, 0.2) is 0 Å². The van der Waals surface area contributed by atoms with Gasteiger partial charge in [0.05, 0.1) is 0 Å². The molecule has 0 spiro atoms. The van der Waals surface area contributed by atoms with E-state index in [9.17, 15) is 0 Å². The van der Waals surface area contributed by atoms with Gasteiger partial charge in [-0.2, -0.15) is 0 Å². The van der Waals surface area contributed by atoms with Gasteiger partial charge in [-0.25, -0.2) is 0 Å². The number of hydrogen-bond acceptors (Lipinski definition) is 2. The third kappa shape index (κ3) is 2.46. The molecule has 2 heteroatoms. The summed E-state index contributed by atoms with van der Waals surface area (Å²) in [5.74, 6) is 0. The zero-order chi connectivity index (χ0) is 7.52. The average Bonchev–Trinajstić information content (AvgIpc) is 2.60. The first kappa shape index (κ1) is 10.0. The first-order valence-corrected chi connectivity index (χ1v) is 4.91. The largest absolute Gasteiger partial charge is 0.313 e. The standard InChI is InChI=1S/C9H18N2.CH4/c1-2-7-11(6-1)8-9-4-3-5-10-9;/h9-10H,1-8H2;1H4/t9-;/m0./s1. The minimum Gasteiger partial charge on any atom is -0.313 e. The molecular formula is C10H22N2. The highest BCUT2D eigenvalue weighted by molar-refractivity contribution is 4.79. The van der Waals surface area contributed by atoms with Crippen LogP contribution in [-0.4, -0.2) is 37.1 Å². The Kier molecular flexibility index (Phi) is 4.02. The van der Waals surface area contributed by atoms with Crippen molar-refractivity contribution in [2.75, 3.05) is 26.2 Å². The van der Waals surface area contributed by atoms with Gasteiger partial charge in [0.15, 0.2) is 0 Å². The van der Waals surface area contributed by atoms with E-state index in [0.29, 0.717) is 0 Å². The van der Waals surface area contributed by atoms with Gasteiger partial charge < -0.3 is 10.2 Å². The summed E-state index contributed by atoms with van der Waals surface area (Å²) in [6.07, 6.45) is 5.63. The molecule has 0 aromatic rings. The van der Waals surface area contributed by atoms with Crippen LogP contribution in [-0.2, 0) is 0 Å². The molecular weight excluding hydrogens is 148 g/mol. The molecule has 2 aliphatic rings. The molecule has 72 valence electrons. The summed E-state index contributed by atoms with van der Waals surface area (Å²) in [7, 11) is 0. The fourth-order valence-electron chi connectivity index (χ4n) is 2.19. The number of likely N-dealkylation sites (tertiary alicyclic amines) is 1. The van der Waals surface area contributed by atoms with E-state index in [1.807, 2.05) is 0 Å². The van der Waals surface area contributed by atoms with E-state index in [2.05, 4.69) is 10.2 Å². The molecule has 2 aliphatic heterocycles. The van der Waals surface area contributed by atoms with E-state index in [1.165, 1.54) is 51.9 Å². The quantitative estimate of drug-likeness (QED) is 0.675. The lowest BCUT2D eigenvalue weighted by Gasteiger charge is -2.19. The maximum atomic E-state index is 3.54. The molecule has 0 aromatic heterocycles. The van der Waals surface area contributed by atoms with E-state index in [1.54, 1.807) is 0 Å². The molecule has 2 nitrogen and oxygen atoms in total. The fraction of sp³-hybridized carbons (Fsp3) is 1.00. The minimum absolute atomic E-state index is 0. The summed E-state index contributed by atoms with van der Waals surface area (Å²) in [4.78, 5) is 2.60. The normalized spacial score (nSPS) is 30.5. The second-order valence-corrected chi connectivity index (χ2v) is 3.80. The monoisotopic (exact) mass is 170 g/mol. The van der Waals surface area contributed by atoms with Gasteiger partial charge in [0.25, 0.3) is 0 Å². The van der Waals surface area contributed by atoms with Crippen LogP contribution >= 0.6 is 0 Å². The van der Waals surface area contributed by atoms with E-state index in [-0.39, 0.29) is 7.43 Å². The highest BCUT2D eigenvalue weighted by Gasteiger charge is 2.19. The molecule has 2 fully saturated rings. The minimum atomic E-state index is 0. The molecule has 0 radical (unpaired) electrons. The van der Waals surface area contributed by atoms with Gasteiger partial charge >= 0.3 is 0 Å². The van der Waals surface area contributed by atoms with Crippen molar-refractivity contribution >= 4 is 0 Å². The molecule has 1 N–H and O–H groups in total. The summed E-state index contributed by atoms with van der Waals surface area (Å²) in [6, 6.07) is 0.813. The SMILES string of the molecule is C.C1CN[C@H](CN2CCCC2)C1. The van der Waals surface area contributed by atoms with Crippen molar-refractivity contribution in [1.29, 1.82) is 0 Å². The average molecular weight is 170 g/mol. The number of hydrogen-bond donors (Lipinski definition) is 1. The van der Waals surface area contributed by atoms with Crippen molar-refractivity contribution in [3.05, 3.63) is 0 Å². The van der Waals surface area contributed by atoms with Gasteiger partial charge in [-0.05, 0) is 45.3 Å². The van der Waals surface area contributed by atoms with Gasteiger partial charge in [-0.1, -0.05) is 7.43 Å². The van der Waals surface area contributed by atoms with Crippen molar-refractivity contribution < 1.29 is 0 Å². The zero-order valence-electron chi connectivity index (χ0n) is 7.18. The fourth-order valence-corrected chi connectivity index (χ4v) is 2.19. The van der Waals surface area contributed by atoms with Gasteiger partial charge in [0, 0.05) is 12.6 Å². The Labute approximate surface area is 76.3 Å². The van der Waals surface area contributed by atoms with Crippen LogP contribution in [0.25, 0.3) is 0 Å². The second kappa shape index (κ2) is 4.83. The number of nitrogens with one attached hydrogen (secondary N) is 1. The predicted molar refractivity (Wildman–Crippen MR) is 53.4 cm³/mol. The Hall–Kier alpha value is -0.0800. The van der Waals surface area contributed by atoms with Crippen molar-refractivity contribution in [3.8, 4) is 0 Å². The van der Waals surface area contributed by atoms with Crippen LogP contribution in [0.2, 0.25) is 0 Å². The molecule has 0 saturated carbocycles. The van der Waals surface area contributed by atoms with Crippen molar-refractivity contribution in [2.45, 2.75) is 39.2 Å². The van der Waals surface area contributed by atoms with Crippen LogP contribution in [0.4, 0.5) is 0 Å². The zero-order valence-corrected chi connectivity index (χ0v) is 7.18. The molecule has 1 atom stereocenters. The highest BCUT2D eigenvalue weighted by atomic mass is 15.2. The Morgan fingerprint density at radius 3 is 2.50 bits per heavy atom. The third-order valence-electron chi connectivity index (χ3n) is 2.84. The Balaban J connectivity index is 0.000000720. The Morgan fingerprint density at radius 1 is 1.17 bits per heavy atom. The first-order valence-electron chi connectivity index (χ1n) is 4.91. The molecule has 0 unspecified atom stereocenters. The number of nitrogens with zero attached hydrogens (tertiary/aromatic N) is 1. The predicted octanol–water partition coefficient (Wildman–Crippen LogP) is 1.47. The molecule has 0 amide bonds. The molecule has 2 rings (SSSR count). The summed E-state index contributed by atoms with van der Waals surface area (Å²) < 4.78 is 0. The maximum absolute atomic E-state index is 3.54. The van der Waals surface area contributed by atoms with E-state index >= 15 is 0 Å². The van der Waals surface area contributed by atoms with Crippen LogP contribution in [0.5, 0.6) is 0 Å². The lowest BCUT2D eigenvalue weighted by atomic mass is 10.2. The molecule has 0 aromatic carbocycles. The Morgan fingerprint density at radius 2 is 1.92 bits per heavy atom. The van der Waals surface area contributed by atoms with Gasteiger partial charge in [-0.15, -0.1) is 0 Å². The summed E-state index contributed by atoms with van der Waals surface area (Å²) >= 11 is 0.